The average Bonchev–Trinajstić information content (AvgIpc) is 2.81. The lowest BCUT2D eigenvalue weighted by molar-refractivity contribution is 0.0151. The maximum Gasteiger partial charge on any atom is 0.119 e. The zero-order chi connectivity index (χ0) is 21.2. The molecule has 0 bridgehead atoms. The molecule has 0 radical (unpaired) electrons. The Kier molecular flexibility index (Phi) is 8.48. The van der Waals surface area contributed by atoms with Crippen LogP contribution in [0.2, 0.25) is 0 Å². The largest absolute Gasteiger partial charge is 0.497 e. The van der Waals surface area contributed by atoms with Gasteiger partial charge in [0, 0.05) is 32.2 Å². The highest BCUT2D eigenvalue weighted by Crippen LogP contribution is 2.23. The molecule has 2 aromatic rings. The number of benzene rings is 2. The van der Waals surface area contributed by atoms with E-state index in [1.54, 1.807) is 31.4 Å². The van der Waals surface area contributed by atoms with Gasteiger partial charge in [-0.1, -0.05) is 12.1 Å². The van der Waals surface area contributed by atoms with E-state index in [1.165, 1.54) is 5.56 Å². The zero-order valence-electron chi connectivity index (χ0n) is 17.3. The minimum Gasteiger partial charge on any atom is -0.497 e. The first-order chi connectivity index (χ1) is 14.7. The summed E-state index contributed by atoms with van der Waals surface area (Å²) in [5, 5.41) is 22.5. The molecule has 160 valence electrons. The first-order valence-corrected chi connectivity index (χ1v) is 10.2. The van der Waals surface area contributed by atoms with E-state index in [4.69, 9.17) is 19.5 Å². The fourth-order valence-electron chi connectivity index (χ4n) is 3.44. The van der Waals surface area contributed by atoms with Crippen LogP contribution in [0, 0.1) is 11.3 Å². The number of ether oxygens (including phenoxy) is 3. The number of hydrogen-bond donors (Lipinski definition) is 2. The first-order valence-electron chi connectivity index (χ1n) is 10.2. The molecule has 1 aliphatic rings. The zero-order valence-corrected chi connectivity index (χ0v) is 17.3. The van der Waals surface area contributed by atoms with Gasteiger partial charge in [0.15, 0.2) is 0 Å². The predicted octanol–water partition coefficient (Wildman–Crippen LogP) is 1.97. The lowest BCUT2D eigenvalue weighted by atomic mass is 10.0. The van der Waals surface area contributed by atoms with Gasteiger partial charge in [-0.3, -0.25) is 4.90 Å². The van der Waals surface area contributed by atoms with Gasteiger partial charge >= 0.3 is 0 Å². The summed E-state index contributed by atoms with van der Waals surface area (Å²) >= 11 is 0. The second kappa shape index (κ2) is 11.5. The minimum atomic E-state index is -0.637. The van der Waals surface area contributed by atoms with E-state index >= 15 is 0 Å². The van der Waals surface area contributed by atoms with Gasteiger partial charge in [-0.05, 0) is 42.0 Å². The molecule has 2 N–H and O–H groups in total. The summed E-state index contributed by atoms with van der Waals surface area (Å²) in [6.45, 7) is 4.53. The Balaban J connectivity index is 1.50. The van der Waals surface area contributed by atoms with Crippen LogP contribution in [0.3, 0.4) is 0 Å². The number of nitriles is 1. The van der Waals surface area contributed by atoms with Crippen molar-refractivity contribution in [3.63, 3.8) is 0 Å². The molecule has 0 saturated carbocycles. The molecular weight excluding hydrogens is 382 g/mol. The van der Waals surface area contributed by atoms with Crippen molar-refractivity contribution in [2.24, 2.45) is 0 Å². The summed E-state index contributed by atoms with van der Waals surface area (Å²) < 4.78 is 16.4. The van der Waals surface area contributed by atoms with Crippen LogP contribution in [0.5, 0.6) is 11.5 Å². The number of methoxy groups -OCH3 is 1. The third-order valence-electron chi connectivity index (χ3n) is 5.13. The van der Waals surface area contributed by atoms with Crippen LogP contribution in [-0.2, 0) is 4.74 Å². The summed E-state index contributed by atoms with van der Waals surface area (Å²) in [5.74, 6) is 1.47. The van der Waals surface area contributed by atoms with E-state index in [1.807, 2.05) is 12.1 Å². The lowest BCUT2D eigenvalue weighted by Gasteiger charge is -2.35. The molecule has 1 heterocycles. The van der Waals surface area contributed by atoms with Crippen LogP contribution >= 0.6 is 0 Å². The maximum atomic E-state index is 10.3. The second-order valence-electron chi connectivity index (χ2n) is 7.20. The molecule has 2 atom stereocenters. The summed E-state index contributed by atoms with van der Waals surface area (Å²) in [4.78, 5) is 2.40. The Morgan fingerprint density at radius 1 is 1.07 bits per heavy atom. The van der Waals surface area contributed by atoms with Gasteiger partial charge in [0.2, 0.25) is 0 Å². The fourth-order valence-corrected chi connectivity index (χ4v) is 3.44. The monoisotopic (exact) mass is 411 g/mol. The van der Waals surface area contributed by atoms with Crippen LogP contribution in [0.25, 0.3) is 0 Å². The van der Waals surface area contributed by atoms with Crippen LogP contribution in [0.15, 0.2) is 48.5 Å². The van der Waals surface area contributed by atoms with Crippen molar-refractivity contribution in [2.45, 2.75) is 12.1 Å². The van der Waals surface area contributed by atoms with Gasteiger partial charge in [0.1, 0.15) is 24.2 Å². The van der Waals surface area contributed by atoms with Crippen LogP contribution in [-0.4, -0.2) is 69.2 Å². The van der Waals surface area contributed by atoms with Crippen molar-refractivity contribution in [1.82, 2.24) is 10.2 Å². The molecule has 0 unspecified atom stereocenters. The van der Waals surface area contributed by atoms with Crippen molar-refractivity contribution in [3.05, 3.63) is 59.7 Å². The van der Waals surface area contributed by atoms with Crippen LogP contribution < -0.4 is 14.8 Å². The molecular formula is C23H29N3O4. The molecule has 30 heavy (non-hydrogen) atoms. The minimum absolute atomic E-state index is 0.184. The number of aliphatic hydroxyl groups is 1. The molecule has 2 aromatic carbocycles. The molecule has 0 amide bonds. The number of hydrogen-bond acceptors (Lipinski definition) is 7. The Bertz CT molecular complexity index is 799. The van der Waals surface area contributed by atoms with E-state index < -0.39 is 6.10 Å². The quantitative estimate of drug-likeness (QED) is 0.618. The number of nitrogens with zero attached hydrogens (tertiary/aromatic N) is 2. The molecule has 7 heteroatoms. The van der Waals surface area contributed by atoms with Crippen molar-refractivity contribution in [2.75, 3.05) is 53.1 Å². The van der Waals surface area contributed by atoms with Gasteiger partial charge in [-0.2, -0.15) is 5.26 Å². The Labute approximate surface area is 177 Å². The van der Waals surface area contributed by atoms with Crippen molar-refractivity contribution in [3.8, 4) is 17.6 Å². The predicted molar refractivity (Wildman–Crippen MR) is 114 cm³/mol. The fraction of sp³-hybridized carbons (Fsp3) is 0.435. The standard InChI is InChI=1S/C23H29N3O4/c1-28-21-8-4-19(5-9-21)23(26-10-12-29-13-11-26)16-25-15-20(27)17-30-22-6-2-18(14-24)3-7-22/h2-9,20,23,25,27H,10-13,15-17H2,1H3/t20-,23-/m0/s1. The van der Waals surface area contributed by atoms with E-state index in [0.717, 1.165) is 32.1 Å². The molecule has 7 nitrogen and oxygen atoms in total. The highest BCUT2D eigenvalue weighted by Gasteiger charge is 2.22. The third-order valence-corrected chi connectivity index (χ3v) is 5.13. The summed E-state index contributed by atoms with van der Waals surface area (Å²) in [6.07, 6.45) is -0.637. The molecule has 1 aliphatic heterocycles. The van der Waals surface area contributed by atoms with E-state index in [2.05, 4.69) is 28.4 Å². The molecule has 3 rings (SSSR count). The Hall–Kier alpha value is -2.63. The van der Waals surface area contributed by atoms with Gasteiger partial charge in [-0.25, -0.2) is 0 Å². The topological polar surface area (TPSA) is 87.0 Å². The molecule has 0 aliphatic carbocycles. The number of morpholine rings is 1. The second-order valence-corrected chi connectivity index (χ2v) is 7.20. The van der Waals surface area contributed by atoms with Gasteiger partial charge in [-0.15, -0.1) is 0 Å². The van der Waals surface area contributed by atoms with Gasteiger partial charge in [0.25, 0.3) is 0 Å². The smallest absolute Gasteiger partial charge is 0.119 e. The van der Waals surface area contributed by atoms with Crippen molar-refractivity contribution < 1.29 is 19.3 Å². The molecule has 1 fully saturated rings. The van der Waals surface area contributed by atoms with Gasteiger partial charge in [0.05, 0.1) is 32.0 Å². The average molecular weight is 412 g/mol. The number of aliphatic hydroxyl groups excluding tert-OH is 1. The Morgan fingerprint density at radius 3 is 2.37 bits per heavy atom. The third kappa shape index (κ3) is 6.44. The maximum absolute atomic E-state index is 10.3. The highest BCUT2D eigenvalue weighted by molar-refractivity contribution is 5.34. The van der Waals surface area contributed by atoms with Crippen molar-refractivity contribution in [1.29, 1.82) is 5.26 Å². The van der Waals surface area contributed by atoms with E-state index in [9.17, 15) is 5.11 Å². The highest BCUT2D eigenvalue weighted by atomic mass is 16.5. The van der Waals surface area contributed by atoms with E-state index in [-0.39, 0.29) is 12.6 Å². The normalized spacial score (nSPS) is 16.4. The summed E-state index contributed by atoms with van der Waals surface area (Å²) in [7, 11) is 1.66. The lowest BCUT2D eigenvalue weighted by Crippen LogP contribution is -2.44. The van der Waals surface area contributed by atoms with Crippen molar-refractivity contribution >= 4 is 0 Å². The summed E-state index contributed by atoms with van der Waals surface area (Å²) in [5.41, 5.74) is 1.78. The molecule has 1 saturated heterocycles. The first kappa shape index (κ1) is 22.1. The van der Waals surface area contributed by atoms with E-state index in [0.29, 0.717) is 24.4 Å². The van der Waals surface area contributed by atoms with Crippen LogP contribution in [0.1, 0.15) is 17.2 Å². The Morgan fingerprint density at radius 2 is 1.73 bits per heavy atom. The SMILES string of the molecule is COc1ccc([C@H](CNC[C@H](O)COc2ccc(C#N)cc2)N2CCOCC2)cc1. The molecule has 0 spiro atoms. The number of rotatable bonds is 10. The number of nitrogens with one attached hydrogen (secondary N) is 1. The van der Waals surface area contributed by atoms with Gasteiger partial charge < -0.3 is 24.6 Å². The summed E-state index contributed by atoms with van der Waals surface area (Å²) in [6, 6.07) is 17.2. The molecule has 0 aromatic heterocycles. The van der Waals surface area contributed by atoms with Crippen LogP contribution in [0.4, 0.5) is 0 Å².